The van der Waals surface area contributed by atoms with E-state index in [9.17, 15) is 9.18 Å². The molecule has 0 saturated heterocycles. The van der Waals surface area contributed by atoms with Crippen LogP contribution in [0.4, 0.5) is 4.39 Å². The molecule has 1 heterocycles. The zero-order chi connectivity index (χ0) is 13.1. The number of rotatable bonds is 5. The zero-order valence-electron chi connectivity index (χ0n) is 9.89. The molecule has 0 aliphatic heterocycles. The molecule has 0 aliphatic carbocycles. The van der Waals surface area contributed by atoms with Crippen LogP contribution >= 0.6 is 11.8 Å². The summed E-state index contributed by atoms with van der Waals surface area (Å²) in [6.07, 6.45) is 0.878. The average Bonchev–Trinajstić information content (AvgIpc) is 2.67. The minimum atomic E-state index is -0.907. The van der Waals surface area contributed by atoms with E-state index >= 15 is 0 Å². The van der Waals surface area contributed by atoms with Crippen molar-refractivity contribution in [1.82, 2.24) is 9.55 Å². The first kappa shape index (κ1) is 12.9. The molecule has 0 amide bonds. The summed E-state index contributed by atoms with van der Waals surface area (Å²) in [6, 6.07) is 4.79. The lowest BCUT2D eigenvalue weighted by atomic mass is 10.3. The van der Waals surface area contributed by atoms with Gasteiger partial charge in [-0.3, -0.25) is 4.79 Å². The fraction of sp³-hybridized carbons (Fsp3) is 0.333. The summed E-state index contributed by atoms with van der Waals surface area (Å²) in [5.74, 6) is -1.36. The van der Waals surface area contributed by atoms with E-state index in [0.717, 1.165) is 18.2 Å². The van der Waals surface area contributed by atoms with Crippen molar-refractivity contribution >= 4 is 28.8 Å². The van der Waals surface area contributed by atoms with E-state index in [1.165, 1.54) is 6.07 Å². The Morgan fingerprint density at radius 2 is 2.33 bits per heavy atom. The molecule has 0 aliphatic rings. The van der Waals surface area contributed by atoms with Crippen LogP contribution in [0.25, 0.3) is 11.0 Å². The van der Waals surface area contributed by atoms with Gasteiger partial charge in [0, 0.05) is 6.54 Å². The van der Waals surface area contributed by atoms with Crippen molar-refractivity contribution < 1.29 is 14.3 Å². The Morgan fingerprint density at radius 3 is 3.00 bits per heavy atom. The van der Waals surface area contributed by atoms with Gasteiger partial charge in [-0.15, -0.1) is 0 Å². The summed E-state index contributed by atoms with van der Waals surface area (Å²) >= 11 is 1.12. The van der Waals surface area contributed by atoms with Crippen LogP contribution in [-0.4, -0.2) is 26.4 Å². The highest BCUT2D eigenvalue weighted by Crippen LogP contribution is 2.25. The highest BCUT2D eigenvalue weighted by Gasteiger charge is 2.14. The monoisotopic (exact) mass is 268 g/mol. The number of aromatic nitrogens is 2. The van der Waals surface area contributed by atoms with Crippen LogP contribution in [0.5, 0.6) is 0 Å². The number of aryl methyl sites for hydroxylation is 1. The predicted octanol–water partition coefficient (Wildman–Crippen LogP) is 2.76. The normalized spacial score (nSPS) is 11.0. The molecule has 1 N–H and O–H groups in total. The van der Waals surface area contributed by atoms with Crippen molar-refractivity contribution in [3.63, 3.8) is 0 Å². The molecule has 18 heavy (non-hydrogen) atoms. The largest absolute Gasteiger partial charge is 0.481 e. The van der Waals surface area contributed by atoms with Crippen LogP contribution in [0.1, 0.15) is 13.3 Å². The van der Waals surface area contributed by atoms with Crippen molar-refractivity contribution in [2.45, 2.75) is 25.0 Å². The van der Waals surface area contributed by atoms with Crippen LogP contribution in [0.2, 0.25) is 0 Å². The van der Waals surface area contributed by atoms with E-state index < -0.39 is 5.97 Å². The first-order valence-corrected chi connectivity index (χ1v) is 6.61. The molecule has 96 valence electrons. The quantitative estimate of drug-likeness (QED) is 0.847. The first-order chi connectivity index (χ1) is 8.63. The first-order valence-electron chi connectivity index (χ1n) is 5.62. The number of para-hydroxylation sites is 1. The molecule has 0 bridgehead atoms. The Labute approximate surface area is 108 Å². The van der Waals surface area contributed by atoms with Gasteiger partial charge < -0.3 is 9.67 Å². The highest BCUT2D eigenvalue weighted by molar-refractivity contribution is 7.99. The van der Waals surface area contributed by atoms with Crippen molar-refractivity contribution in [1.29, 1.82) is 0 Å². The summed E-state index contributed by atoms with van der Waals surface area (Å²) in [7, 11) is 0. The standard InChI is InChI=1S/C12H13FN2O2S/c1-2-6-15-9-5-3-4-8(13)11(9)14-12(15)18-7-10(16)17/h3-5H,2,6-7H2,1H3,(H,16,17). The van der Waals surface area contributed by atoms with Gasteiger partial charge in [0.2, 0.25) is 0 Å². The van der Waals surface area contributed by atoms with Gasteiger partial charge in [0.15, 0.2) is 11.0 Å². The molecule has 0 radical (unpaired) electrons. The Kier molecular flexibility index (Phi) is 3.86. The van der Waals surface area contributed by atoms with E-state index in [1.807, 2.05) is 11.5 Å². The van der Waals surface area contributed by atoms with Crippen molar-refractivity contribution in [3.8, 4) is 0 Å². The second-order valence-electron chi connectivity index (χ2n) is 3.84. The molecular formula is C12H13FN2O2S. The number of imidazole rings is 1. The molecule has 0 unspecified atom stereocenters. The second-order valence-corrected chi connectivity index (χ2v) is 4.78. The van der Waals surface area contributed by atoms with Gasteiger partial charge in [-0.1, -0.05) is 24.8 Å². The Balaban J connectivity index is 2.46. The van der Waals surface area contributed by atoms with E-state index in [2.05, 4.69) is 4.98 Å². The van der Waals surface area contributed by atoms with Gasteiger partial charge in [0.1, 0.15) is 5.52 Å². The van der Waals surface area contributed by atoms with E-state index in [1.54, 1.807) is 12.1 Å². The van der Waals surface area contributed by atoms with Crippen molar-refractivity contribution in [2.75, 3.05) is 5.75 Å². The number of nitrogens with zero attached hydrogens (tertiary/aromatic N) is 2. The lowest BCUT2D eigenvalue weighted by Gasteiger charge is -2.05. The predicted molar refractivity (Wildman–Crippen MR) is 68.3 cm³/mol. The molecule has 4 nitrogen and oxygen atoms in total. The summed E-state index contributed by atoms with van der Waals surface area (Å²) in [6.45, 7) is 2.71. The van der Waals surface area contributed by atoms with Crippen LogP contribution in [0.15, 0.2) is 23.4 Å². The third-order valence-corrected chi connectivity index (χ3v) is 3.43. The molecule has 1 aromatic heterocycles. The SMILES string of the molecule is CCCn1c(SCC(=O)O)nc2c(F)cccc21. The topological polar surface area (TPSA) is 55.1 Å². The smallest absolute Gasteiger partial charge is 0.313 e. The number of hydrogen-bond acceptors (Lipinski definition) is 3. The number of carbonyl (C=O) groups is 1. The fourth-order valence-electron chi connectivity index (χ4n) is 1.77. The van der Waals surface area contributed by atoms with Gasteiger partial charge in [0.25, 0.3) is 0 Å². The number of hydrogen-bond donors (Lipinski definition) is 1. The minimum Gasteiger partial charge on any atom is -0.481 e. The molecular weight excluding hydrogens is 255 g/mol. The number of halogens is 1. The maximum absolute atomic E-state index is 13.6. The second kappa shape index (κ2) is 5.39. The molecule has 1 aromatic carbocycles. The Morgan fingerprint density at radius 1 is 1.56 bits per heavy atom. The Hall–Kier alpha value is -1.56. The van der Waals surface area contributed by atoms with Gasteiger partial charge in [-0.05, 0) is 18.6 Å². The van der Waals surface area contributed by atoms with Crippen LogP contribution < -0.4 is 0 Å². The number of carboxylic acids is 1. The van der Waals surface area contributed by atoms with Crippen molar-refractivity contribution in [3.05, 3.63) is 24.0 Å². The summed E-state index contributed by atoms with van der Waals surface area (Å²) in [5, 5.41) is 9.25. The molecule has 0 saturated carbocycles. The minimum absolute atomic E-state index is 0.0747. The third-order valence-electron chi connectivity index (χ3n) is 2.47. The molecule has 0 fully saturated rings. The van der Waals surface area contributed by atoms with E-state index in [0.29, 0.717) is 22.7 Å². The number of carboxylic acid groups (broad SMARTS) is 1. The zero-order valence-corrected chi connectivity index (χ0v) is 10.7. The van der Waals surface area contributed by atoms with Crippen LogP contribution in [0.3, 0.4) is 0 Å². The van der Waals surface area contributed by atoms with Gasteiger partial charge in [0.05, 0.1) is 11.3 Å². The molecule has 0 spiro atoms. The van der Waals surface area contributed by atoms with Crippen molar-refractivity contribution in [2.24, 2.45) is 0 Å². The van der Waals surface area contributed by atoms with Crippen LogP contribution in [-0.2, 0) is 11.3 Å². The average molecular weight is 268 g/mol. The lowest BCUT2D eigenvalue weighted by Crippen LogP contribution is -2.03. The summed E-state index contributed by atoms with van der Waals surface area (Å²) in [4.78, 5) is 14.8. The summed E-state index contributed by atoms with van der Waals surface area (Å²) < 4.78 is 15.5. The molecule has 6 heteroatoms. The summed E-state index contributed by atoms with van der Waals surface area (Å²) in [5.41, 5.74) is 1.02. The van der Waals surface area contributed by atoms with Gasteiger partial charge in [-0.25, -0.2) is 9.37 Å². The number of aliphatic carboxylic acids is 1. The fourth-order valence-corrected chi connectivity index (χ4v) is 2.52. The van der Waals surface area contributed by atoms with Crippen LogP contribution in [0, 0.1) is 5.82 Å². The molecule has 2 aromatic rings. The van der Waals surface area contributed by atoms with E-state index in [-0.39, 0.29) is 11.6 Å². The molecule has 0 atom stereocenters. The molecule has 2 rings (SSSR count). The maximum atomic E-state index is 13.6. The number of thioether (sulfide) groups is 1. The van der Waals surface area contributed by atoms with Gasteiger partial charge >= 0.3 is 5.97 Å². The highest BCUT2D eigenvalue weighted by atomic mass is 32.2. The third kappa shape index (κ3) is 2.48. The maximum Gasteiger partial charge on any atom is 0.313 e. The van der Waals surface area contributed by atoms with Gasteiger partial charge in [-0.2, -0.15) is 0 Å². The number of benzene rings is 1. The Bertz CT molecular complexity index is 583. The lowest BCUT2D eigenvalue weighted by molar-refractivity contribution is -0.133. The van der Waals surface area contributed by atoms with E-state index in [4.69, 9.17) is 5.11 Å². The number of fused-ring (bicyclic) bond motifs is 1.